The molecule has 0 unspecified atom stereocenters. The Bertz CT molecular complexity index is 611. The number of anilines is 2. The second kappa shape index (κ2) is 5.06. The third-order valence-electron chi connectivity index (χ3n) is 2.74. The minimum Gasteiger partial charge on any atom is -0.399 e. The number of amides is 1. The van der Waals surface area contributed by atoms with Crippen molar-refractivity contribution < 1.29 is 13.6 Å². The summed E-state index contributed by atoms with van der Waals surface area (Å²) in [5.41, 5.74) is 6.34. The van der Waals surface area contributed by atoms with Crippen LogP contribution in [0, 0.1) is 11.6 Å². The van der Waals surface area contributed by atoms with E-state index in [1.165, 1.54) is 11.9 Å². The van der Waals surface area contributed by atoms with Gasteiger partial charge in [-0.25, -0.2) is 8.78 Å². The highest BCUT2D eigenvalue weighted by Crippen LogP contribution is 2.19. The second-order valence-electron chi connectivity index (χ2n) is 4.08. The van der Waals surface area contributed by atoms with Crippen molar-refractivity contribution in [1.29, 1.82) is 0 Å². The molecule has 3 nitrogen and oxygen atoms in total. The molecule has 1 amide bonds. The largest absolute Gasteiger partial charge is 0.399 e. The molecular formula is C14H12F2N2O. The molecule has 0 spiro atoms. The third-order valence-corrected chi connectivity index (χ3v) is 2.74. The summed E-state index contributed by atoms with van der Waals surface area (Å²) in [7, 11) is 1.48. The summed E-state index contributed by atoms with van der Waals surface area (Å²) >= 11 is 0. The van der Waals surface area contributed by atoms with Crippen molar-refractivity contribution in [3.8, 4) is 0 Å². The van der Waals surface area contributed by atoms with Crippen LogP contribution in [0.5, 0.6) is 0 Å². The minimum absolute atomic E-state index is 0.306. The first-order valence-corrected chi connectivity index (χ1v) is 5.57. The molecule has 0 aromatic heterocycles. The summed E-state index contributed by atoms with van der Waals surface area (Å²) in [5.74, 6) is -2.04. The van der Waals surface area contributed by atoms with E-state index in [9.17, 15) is 13.6 Å². The molecule has 0 heterocycles. The fourth-order valence-electron chi connectivity index (χ4n) is 1.66. The lowest BCUT2D eigenvalue weighted by molar-refractivity contribution is 0.0988. The monoisotopic (exact) mass is 262 g/mol. The van der Waals surface area contributed by atoms with Gasteiger partial charge in [0.25, 0.3) is 5.91 Å². The SMILES string of the molecule is CN(C(=O)c1cc(F)ccc1F)c1ccc(N)cc1. The van der Waals surface area contributed by atoms with Crippen molar-refractivity contribution in [2.75, 3.05) is 17.7 Å². The average molecular weight is 262 g/mol. The number of rotatable bonds is 2. The van der Waals surface area contributed by atoms with Crippen molar-refractivity contribution in [3.05, 3.63) is 59.7 Å². The van der Waals surface area contributed by atoms with Crippen LogP contribution in [0.25, 0.3) is 0 Å². The van der Waals surface area contributed by atoms with Gasteiger partial charge in [-0.3, -0.25) is 4.79 Å². The van der Waals surface area contributed by atoms with E-state index in [1.54, 1.807) is 24.3 Å². The molecule has 0 aliphatic heterocycles. The Hall–Kier alpha value is -2.43. The van der Waals surface area contributed by atoms with E-state index in [4.69, 9.17) is 5.73 Å². The highest BCUT2D eigenvalue weighted by Gasteiger charge is 2.18. The van der Waals surface area contributed by atoms with E-state index in [0.29, 0.717) is 11.4 Å². The predicted molar refractivity (Wildman–Crippen MR) is 69.9 cm³/mol. The van der Waals surface area contributed by atoms with Crippen LogP contribution in [0.2, 0.25) is 0 Å². The Morgan fingerprint density at radius 3 is 2.37 bits per heavy atom. The van der Waals surface area contributed by atoms with Gasteiger partial charge in [0.15, 0.2) is 0 Å². The summed E-state index contributed by atoms with van der Waals surface area (Å²) in [4.78, 5) is 13.3. The van der Waals surface area contributed by atoms with E-state index >= 15 is 0 Å². The van der Waals surface area contributed by atoms with Crippen molar-refractivity contribution in [2.45, 2.75) is 0 Å². The lowest BCUT2D eigenvalue weighted by atomic mass is 10.1. The van der Waals surface area contributed by atoms with E-state index in [0.717, 1.165) is 18.2 Å². The number of hydrogen-bond donors (Lipinski definition) is 1. The van der Waals surface area contributed by atoms with Crippen LogP contribution in [0.15, 0.2) is 42.5 Å². The molecule has 0 bridgehead atoms. The molecule has 0 saturated carbocycles. The number of nitrogen functional groups attached to an aromatic ring is 1. The molecule has 5 heteroatoms. The molecule has 2 N–H and O–H groups in total. The Kier molecular flexibility index (Phi) is 3.46. The van der Waals surface area contributed by atoms with Crippen LogP contribution < -0.4 is 10.6 Å². The molecular weight excluding hydrogens is 250 g/mol. The van der Waals surface area contributed by atoms with Crippen LogP contribution in [0.4, 0.5) is 20.2 Å². The first kappa shape index (κ1) is 13.0. The summed E-state index contributed by atoms with van der Waals surface area (Å²) in [6.07, 6.45) is 0. The number of nitrogens with two attached hydrogens (primary N) is 1. The Morgan fingerprint density at radius 1 is 1.11 bits per heavy atom. The molecule has 0 radical (unpaired) electrons. The van der Waals surface area contributed by atoms with Gasteiger partial charge in [-0.05, 0) is 42.5 Å². The van der Waals surface area contributed by atoms with E-state index in [2.05, 4.69) is 0 Å². The second-order valence-corrected chi connectivity index (χ2v) is 4.08. The zero-order chi connectivity index (χ0) is 14.0. The molecule has 0 aliphatic rings. The molecule has 0 aliphatic carbocycles. The number of carbonyl (C=O) groups is 1. The predicted octanol–water partition coefficient (Wildman–Crippen LogP) is 2.82. The first-order chi connectivity index (χ1) is 8.99. The molecule has 0 saturated heterocycles. The maximum atomic E-state index is 13.5. The fraction of sp³-hybridized carbons (Fsp3) is 0.0714. The van der Waals surface area contributed by atoms with Crippen molar-refractivity contribution in [2.24, 2.45) is 0 Å². The summed E-state index contributed by atoms with van der Waals surface area (Å²) < 4.78 is 26.6. The van der Waals surface area contributed by atoms with Crippen LogP contribution in [0.1, 0.15) is 10.4 Å². The van der Waals surface area contributed by atoms with Crippen molar-refractivity contribution in [3.63, 3.8) is 0 Å². The van der Waals surface area contributed by atoms with Gasteiger partial charge >= 0.3 is 0 Å². The lowest BCUT2D eigenvalue weighted by Gasteiger charge is -2.17. The number of benzene rings is 2. The lowest BCUT2D eigenvalue weighted by Crippen LogP contribution is -2.27. The van der Waals surface area contributed by atoms with E-state index in [-0.39, 0.29) is 5.56 Å². The summed E-state index contributed by atoms with van der Waals surface area (Å²) in [6, 6.07) is 9.29. The fourth-order valence-corrected chi connectivity index (χ4v) is 1.66. The van der Waals surface area contributed by atoms with E-state index in [1.807, 2.05) is 0 Å². The zero-order valence-corrected chi connectivity index (χ0v) is 10.2. The van der Waals surface area contributed by atoms with Gasteiger partial charge in [0.2, 0.25) is 0 Å². The maximum absolute atomic E-state index is 13.5. The molecule has 98 valence electrons. The van der Waals surface area contributed by atoms with Gasteiger partial charge in [-0.2, -0.15) is 0 Å². The quantitative estimate of drug-likeness (QED) is 0.846. The van der Waals surface area contributed by atoms with Crippen LogP contribution in [-0.2, 0) is 0 Å². The molecule has 2 aromatic rings. The van der Waals surface area contributed by atoms with Crippen LogP contribution >= 0.6 is 0 Å². The van der Waals surface area contributed by atoms with Crippen LogP contribution in [0.3, 0.4) is 0 Å². The first-order valence-electron chi connectivity index (χ1n) is 5.57. The number of carbonyl (C=O) groups excluding carboxylic acids is 1. The van der Waals surface area contributed by atoms with Crippen LogP contribution in [-0.4, -0.2) is 13.0 Å². The van der Waals surface area contributed by atoms with Gasteiger partial charge in [0.05, 0.1) is 5.56 Å². The highest BCUT2D eigenvalue weighted by atomic mass is 19.1. The molecule has 2 rings (SSSR count). The Morgan fingerprint density at radius 2 is 1.74 bits per heavy atom. The highest BCUT2D eigenvalue weighted by molar-refractivity contribution is 6.05. The van der Waals surface area contributed by atoms with Gasteiger partial charge in [0, 0.05) is 18.4 Å². The smallest absolute Gasteiger partial charge is 0.261 e. The normalized spacial score (nSPS) is 10.3. The number of nitrogens with zero attached hydrogens (tertiary/aromatic N) is 1. The molecule has 19 heavy (non-hydrogen) atoms. The van der Waals surface area contributed by atoms with Gasteiger partial charge in [-0.15, -0.1) is 0 Å². The molecule has 0 fully saturated rings. The number of halogens is 2. The number of hydrogen-bond acceptors (Lipinski definition) is 2. The zero-order valence-electron chi connectivity index (χ0n) is 10.2. The third kappa shape index (κ3) is 2.70. The molecule has 0 atom stereocenters. The molecule has 2 aromatic carbocycles. The van der Waals surface area contributed by atoms with Crippen molar-refractivity contribution >= 4 is 17.3 Å². The van der Waals surface area contributed by atoms with Gasteiger partial charge < -0.3 is 10.6 Å². The van der Waals surface area contributed by atoms with Gasteiger partial charge in [-0.1, -0.05) is 0 Å². The average Bonchev–Trinajstić information content (AvgIpc) is 2.41. The minimum atomic E-state index is -0.756. The van der Waals surface area contributed by atoms with E-state index < -0.39 is 17.5 Å². The maximum Gasteiger partial charge on any atom is 0.261 e. The topological polar surface area (TPSA) is 46.3 Å². The Balaban J connectivity index is 2.33. The van der Waals surface area contributed by atoms with Crippen molar-refractivity contribution in [1.82, 2.24) is 0 Å². The Labute approximate surface area is 109 Å². The standard InChI is InChI=1S/C14H12F2N2O/c1-18(11-5-3-10(17)4-6-11)14(19)12-8-9(15)2-7-13(12)16/h2-8H,17H2,1H3. The summed E-state index contributed by atoms with van der Waals surface area (Å²) in [6.45, 7) is 0. The van der Waals surface area contributed by atoms with Gasteiger partial charge in [0.1, 0.15) is 11.6 Å². The summed E-state index contributed by atoms with van der Waals surface area (Å²) in [5, 5.41) is 0.